The Kier molecular flexibility index (Phi) is 207. The molecule has 0 aromatic heterocycles. The second-order valence-electron chi connectivity index (χ2n) is 0. The van der Waals surface area contributed by atoms with E-state index in [2.05, 4.69) is 0 Å². The Morgan fingerprint density at radius 1 is 0.600 bits per heavy atom. The summed E-state index contributed by atoms with van der Waals surface area (Å²) in [5.41, 5.74) is 0. The van der Waals surface area contributed by atoms with Crippen molar-refractivity contribution in [3.8, 4) is 0 Å². The first kappa shape index (κ1) is 39.6. The molecule has 0 heterocycles. The Morgan fingerprint density at radius 2 is 0.600 bits per heavy atom. The van der Waals surface area contributed by atoms with E-state index in [1.807, 2.05) is 0 Å². The first-order valence-corrected chi connectivity index (χ1v) is 0. The summed E-state index contributed by atoms with van der Waals surface area (Å²) in [5, 5.41) is 0. The van der Waals surface area contributed by atoms with Gasteiger partial charge in [0.1, 0.15) is 0 Å². The van der Waals surface area contributed by atoms with Crippen molar-refractivity contribution in [3.63, 3.8) is 0 Å². The van der Waals surface area contributed by atoms with Crippen molar-refractivity contribution in [2.75, 3.05) is 0 Å². The molecule has 0 spiro atoms. The Balaban J connectivity index is 0. The van der Waals surface area contributed by atoms with E-state index in [9.17, 15) is 0 Å². The molecular formula is Cl3KPb. The minimum absolute atomic E-state index is 0. The molecule has 0 saturated heterocycles. The molecule has 0 bridgehead atoms. The number of hydrogen-bond donors (Lipinski definition) is 0. The smallest absolute Gasteiger partial charge is 1.00 e. The van der Waals surface area contributed by atoms with E-state index in [1.54, 1.807) is 0 Å². The van der Waals surface area contributed by atoms with Gasteiger partial charge in [-0.15, -0.1) is 0 Å². The van der Waals surface area contributed by atoms with E-state index < -0.39 is 0 Å². The summed E-state index contributed by atoms with van der Waals surface area (Å²) >= 11 is 0. The molecule has 0 aromatic carbocycles. The Labute approximate surface area is 113 Å². The van der Waals surface area contributed by atoms with Gasteiger partial charge in [-0.2, -0.15) is 0 Å². The fourth-order valence-electron chi connectivity index (χ4n) is 0. The van der Waals surface area contributed by atoms with Crippen molar-refractivity contribution in [1.29, 1.82) is 0 Å². The Bertz CT molecular complexity index is 6.85. The molecule has 0 aliphatic heterocycles. The summed E-state index contributed by atoms with van der Waals surface area (Å²) in [6.07, 6.45) is 0. The Hall–Kier alpha value is 3.43. The summed E-state index contributed by atoms with van der Waals surface area (Å²) < 4.78 is 0. The zero-order valence-corrected chi connectivity index (χ0v) is 11.9. The van der Waals surface area contributed by atoms with E-state index in [4.69, 9.17) is 0 Å². The standard InChI is InChI=1S/3ClH.K.Pb/h3*1H;;/q;;;+1;+2/p-3. The first-order valence-electron chi connectivity index (χ1n) is 0. The molecule has 0 atom stereocenters. The van der Waals surface area contributed by atoms with Crippen molar-refractivity contribution < 1.29 is 88.6 Å². The molecule has 0 aliphatic rings. The molecule has 2 radical (unpaired) electrons. The quantitative estimate of drug-likeness (QED) is 0.380. The van der Waals surface area contributed by atoms with Crippen LogP contribution in [-0.2, 0) is 0 Å². The van der Waals surface area contributed by atoms with Crippen LogP contribution in [0.5, 0.6) is 0 Å². The maximum Gasteiger partial charge on any atom is 2.00 e. The second kappa shape index (κ2) is 26.1. The van der Waals surface area contributed by atoms with Gasteiger partial charge in [-0.25, -0.2) is 0 Å². The maximum absolute atomic E-state index is 0. The summed E-state index contributed by atoms with van der Waals surface area (Å²) in [5.74, 6) is 0. The Morgan fingerprint density at radius 3 is 0.600 bits per heavy atom. The molecule has 0 fully saturated rings. The van der Waals surface area contributed by atoms with E-state index in [0.29, 0.717) is 0 Å². The number of hydrogen-bond acceptors (Lipinski definition) is 0. The van der Waals surface area contributed by atoms with Crippen molar-refractivity contribution in [3.05, 3.63) is 0 Å². The zero-order chi connectivity index (χ0) is 0. The van der Waals surface area contributed by atoms with E-state index in [0.717, 1.165) is 0 Å². The van der Waals surface area contributed by atoms with Crippen molar-refractivity contribution in [2.45, 2.75) is 0 Å². The molecule has 5 heavy (non-hydrogen) atoms. The average Bonchev–Trinajstić information content (AvgIpc) is 0. The normalized spacial score (nSPS) is 0. The van der Waals surface area contributed by atoms with Gasteiger partial charge in [-0.1, -0.05) is 0 Å². The van der Waals surface area contributed by atoms with Crippen molar-refractivity contribution in [2.24, 2.45) is 0 Å². The van der Waals surface area contributed by atoms with Gasteiger partial charge in [0, 0.05) is 0 Å². The minimum Gasteiger partial charge on any atom is -1.00 e. The molecule has 0 saturated carbocycles. The summed E-state index contributed by atoms with van der Waals surface area (Å²) in [7, 11) is 0. The topological polar surface area (TPSA) is 0 Å². The van der Waals surface area contributed by atoms with Gasteiger partial charge in [-0.05, 0) is 0 Å². The van der Waals surface area contributed by atoms with Crippen LogP contribution in [0.3, 0.4) is 0 Å². The SMILES string of the molecule is [Cl-].[Cl-].[Cl-].[K+].[Pb+2]. The summed E-state index contributed by atoms with van der Waals surface area (Å²) in [6, 6.07) is 0. The van der Waals surface area contributed by atoms with Crippen LogP contribution in [0.25, 0.3) is 0 Å². The van der Waals surface area contributed by atoms with E-state index >= 15 is 0 Å². The van der Waals surface area contributed by atoms with Gasteiger partial charge in [0.05, 0.1) is 0 Å². The maximum atomic E-state index is 0. The zero-order valence-electron chi connectivity index (χ0n) is 2.63. The van der Waals surface area contributed by atoms with Gasteiger partial charge < -0.3 is 37.2 Å². The van der Waals surface area contributed by atoms with Crippen molar-refractivity contribution >= 4 is 27.3 Å². The fourth-order valence-corrected chi connectivity index (χ4v) is 0. The molecule has 0 nitrogen and oxygen atoms in total. The third-order valence-electron chi connectivity index (χ3n) is 0. The molecule has 0 unspecified atom stereocenters. The molecule has 0 amide bonds. The minimum atomic E-state index is 0. The predicted octanol–water partition coefficient (Wildman–Crippen LogP) is -12.4. The monoisotopic (exact) mass is 352 g/mol. The van der Waals surface area contributed by atoms with Crippen LogP contribution in [0.4, 0.5) is 0 Å². The second-order valence-corrected chi connectivity index (χ2v) is 0. The van der Waals surface area contributed by atoms with Crippen LogP contribution in [0.2, 0.25) is 0 Å². The van der Waals surface area contributed by atoms with Crippen molar-refractivity contribution in [1.82, 2.24) is 0 Å². The van der Waals surface area contributed by atoms with Gasteiger partial charge in [0.2, 0.25) is 0 Å². The van der Waals surface area contributed by atoms with Gasteiger partial charge in [0.15, 0.2) is 0 Å². The van der Waals surface area contributed by atoms with Crippen LogP contribution in [0.1, 0.15) is 0 Å². The fraction of sp³-hybridized carbons (Fsp3) is 0. The molecule has 0 aromatic rings. The summed E-state index contributed by atoms with van der Waals surface area (Å²) in [6.45, 7) is 0. The number of rotatable bonds is 0. The molecule has 26 valence electrons. The van der Waals surface area contributed by atoms with Gasteiger partial charge >= 0.3 is 78.7 Å². The van der Waals surface area contributed by atoms with Gasteiger partial charge in [-0.3, -0.25) is 0 Å². The van der Waals surface area contributed by atoms with Crippen LogP contribution >= 0.6 is 0 Å². The van der Waals surface area contributed by atoms with Gasteiger partial charge in [0.25, 0.3) is 0 Å². The van der Waals surface area contributed by atoms with Crippen LogP contribution in [-0.4, -0.2) is 27.3 Å². The van der Waals surface area contributed by atoms with Crippen LogP contribution < -0.4 is 88.6 Å². The van der Waals surface area contributed by atoms with Crippen LogP contribution in [0, 0.1) is 0 Å². The largest absolute Gasteiger partial charge is 2.00 e. The molecule has 0 N–H and O–H groups in total. The van der Waals surface area contributed by atoms with E-state index in [-0.39, 0.29) is 116 Å². The summed E-state index contributed by atoms with van der Waals surface area (Å²) in [4.78, 5) is 0. The molecular weight excluding hydrogens is 353 g/mol. The third-order valence-corrected chi connectivity index (χ3v) is 0. The number of halogens is 3. The van der Waals surface area contributed by atoms with E-state index in [1.165, 1.54) is 0 Å². The first-order chi connectivity index (χ1) is 0. The molecule has 5 heteroatoms. The predicted molar refractivity (Wildman–Crippen MR) is 5.75 cm³/mol. The molecule has 0 rings (SSSR count). The average molecular weight is 353 g/mol. The molecule has 0 aliphatic carbocycles. The van der Waals surface area contributed by atoms with Crippen LogP contribution in [0.15, 0.2) is 0 Å². The third kappa shape index (κ3) is 18.6.